The summed E-state index contributed by atoms with van der Waals surface area (Å²) in [7, 11) is 0. The molecule has 20 heavy (non-hydrogen) atoms. The van der Waals surface area contributed by atoms with Crippen molar-refractivity contribution in [1.29, 1.82) is 0 Å². The zero-order valence-corrected chi connectivity index (χ0v) is 11.1. The Morgan fingerprint density at radius 1 is 1.20 bits per heavy atom. The zero-order chi connectivity index (χ0) is 14.2. The lowest BCUT2D eigenvalue weighted by molar-refractivity contribution is -0.144. The van der Waals surface area contributed by atoms with Crippen LogP contribution in [0.4, 0.5) is 19.0 Å². The minimum atomic E-state index is -4.48. The molecule has 0 aliphatic carbocycles. The number of rotatable bonds is 1. The molecule has 0 atom stereocenters. The first-order valence-electron chi connectivity index (χ1n) is 6.85. The van der Waals surface area contributed by atoms with Crippen molar-refractivity contribution in [3.8, 4) is 0 Å². The van der Waals surface area contributed by atoms with Gasteiger partial charge in [-0.25, -0.2) is 9.97 Å². The highest BCUT2D eigenvalue weighted by Crippen LogP contribution is 2.40. The zero-order valence-electron chi connectivity index (χ0n) is 11.1. The van der Waals surface area contributed by atoms with Crippen LogP contribution in [0.1, 0.15) is 25.1 Å². The number of hydrogen-bond acceptors (Lipinski definition) is 4. The van der Waals surface area contributed by atoms with Crippen LogP contribution in [-0.2, 0) is 6.18 Å². The highest BCUT2D eigenvalue weighted by molar-refractivity contribution is 5.40. The van der Waals surface area contributed by atoms with E-state index >= 15 is 0 Å². The Bertz CT molecular complexity index is 483. The predicted octanol–water partition coefficient (Wildman–Crippen LogP) is 2.08. The fourth-order valence-electron chi connectivity index (χ4n) is 3.16. The third kappa shape index (κ3) is 2.59. The smallest absolute Gasteiger partial charge is 0.356 e. The molecule has 0 aromatic carbocycles. The molecule has 4 nitrogen and oxygen atoms in total. The van der Waals surface area contributed by atoms with Gasteiger partial charge in [-0.05, 0) is 43.8 Å². The van der Waals surface area contributed by atoms with Gasteiger partial charge in [-0.1, -0.05) is 0 Å². The number of aromatic nitrogens is 2. The third-order valence-electron chi connectivity index (χ3n) is 4.32. The molecule has 2 aliphatic rings. The van der Waals surface area contributed by atoms with Crippen LogP contribution in [0.2, 0.25) is 0 Å². The highest BCUT2D eigenvalue weighted by Gasteiger charge is 2.40. The van der Waals surface area contributed by atoms with Gasteiger partial charge in [0.1, 0.15) is 5.82 Å². The molecule has 1 aromatic heterocycles. The Kier molecular flexibility index (Phi) is 3.32. The van der Waals surface area contributed by atoms with Crippen LogP contribution in [-0.4, -0.2) is 36.1 Å². The van der Waals surface area contributed by atoms with E-state index in [4.69, 9.17) is 0 Å². The highest BCUT2D eigenvalue weighted by atomic mass is 19.4. The minimum absolute atomic E-state index is 0.245. The van der Waals surface area contributed by atoms with Crippen molar-refractivity contribution < 1.29 is 13.2 Å². The maximum atomic E-state index is 12.7. The fraction of sp³-hybridized carbons (Fsp3) is 0.692. The number of anilines is 1. The first kappa shape index (κ1) is 13.6. The normalized spacial score (nSPS) is 22.4. The van der Waals surface area contributed by atoms with Gasteiger partial charge in [0.2, 0.25) is 5.82 Å². The number of alkyl halides is 3. The van der Waals surface area contributed by atoms with Crippen LogP contribution in [0.5, 0.6) is 0 Å². The van der Waals surface area contributed by atoms with Crippen LogP contribution < -0.4 is 10.2 Å². The molecule has 2 aliphatic heterocycles. The molecule has 1 aromatic rings. The monoisotopic (exact) mass is 286 g/mol. The van der Waals surface area contributed by atoms with Gasteiger partial charge in [0.15, 0.2) is 0 Å². The Balaban J connectivity index is 1.77. The molecule has 110 valence electrons. The van der Waals surface area contributed by atoms with Crippen LogP contribution in [0.25, 0.3) is 0 Å². The van der Waals surface area contributed by atoms with E-state index in [0.29, 0.717) is 5.82 Å². The number of hydrogen-bond donors (Lipinski definition) is 1. The topological polar surface area (TPSA) is 41.1 Å². The van der Waals surface area contributed by atoms with Crippen molar-refractivity contribution in [3.05, 3.63) is 18.1 Å². The van der Waals surface area contributed by atoms with E-state index in [9.17, 15) is 13.2 Å². The summed E-state index contributed by atoms with van der Waals surface area (Å²) in [5, 5.41) is 3.33. The summed E-state index contributed by atoms with van der Waals surface area (Å²) < 4.78 is 38.0. The van der Waals surface area contributed by atoms with Crippen molar-refractivity contribution in [3.63, 3.8) is 0 Å². The molecule has 3 rings (SSSR count). The summed E-state index contributed by atoms with van der Waals surface area (Å²) >= 11 is 0. The van der Waals surface area contributed by atoms with E-state index in [2.05, 4.69) is 15.3 Å². The van der Waals surface area contributed by atoms with Crippen molar-refractivity contribution in [2.45, 2.75) is 25.4 Å². The van der Waals surface area contributed by atoms with E-state index in [1.165, 1.54) is 6.20 Å². The molecular formula is C13H17F3N4. The quantitative estimate of drug-likeness (QED) is 0.858. The van der Waals surface area contributed by atoms with Gasteiger partial charge in [-0.3, -0.25) is 0 Å². The molecule has 0 unspecified atom stereocenters. The summed E-state index contributed by atoms with van der Waals surface area (Å²) in [4.78, 5) is 8.95. The SMILES string of the molecule is FC(F)(F)c1nccc(N2CCC3(CCNCC3)C2)n1. The standard InChI is InChI=1S/C13H17F3N4/c14-13(15,16)11-18-5-1-10(19-11)20-8-4-12(9-20)2-6-17-7-3-12/h1,5,17H,2-4,6-9H2. The minimum Gasteiger partial charge on any atom is -0.356 e. The second kappa shape index (κ2) is 4.87. The lowest BCUT2D eigenvalue weighted by atomic mass is 9.78. The van der Waals surface area contributed by atoms with Gasteiger partial charge in [0, 0.05) is 19.3 Å². The second-order valence-electron chi connectivity index (χ2n) is 5.66. The van der Waals surface area contributed by atoms with Crippen molar-refractivity contribution in [1.82, 2.24) is 15.3 Å². The molecule has 0 bridgehead atoms. The first-order valence-corrected chi connectivity index (χ1v) is 6.85. The largest absolute Gasteiger partial charge is 0.451 e. The Morgan fingerprint density at radius 3 is 2.65 bits per heavy atom. The van der Waals surface area contributed by atoms with Crippen LogP contribution in [0.15, 0.2) is 12.3 Å². The summed E-state index contributed by atoms with van der Waals surface area (Å²) in [5.41, 5.74) is 0.245. The number of halogens is 3. The maximum Gasteiger partial charge on any atom is 0.451 e. The van der Waals surface area contributed by atoms with Crippen molar-refractivity contribution in [2.75, 3.05) is 31.1 Å². The lowest BCUT2D eigenvalue weighted by Crippen LogP contribution is -2.38. The first-order chi connectivity index (χ1) is 9.49. The van der Waals surface area contributed by atoms with E-state index in [0.717, 1.165) is 45.4 Å². The molecule has 7 heteroatoms. The van der Waals surface area contributed by atoms with Gasteiger partial charge in [0.25, 0.3) is 0 Å². The molecule has 3 heterocycles. The van der Waals surface area contributed by atoms with Gasteiger partial charge < -0.3 is 10.2 Å². The molecular weight excluding hydrogens is 269 g/mol. The summed E-state index contributed by atoms with van der Waals surface area (Å²) in [5.74, 6) is -0.663. The molecule has 1 spiro atoms. The van der Waals surface area contributed by atoms with Gasteiger partial charge >= 0.3 is 6.18 Å². The van der Waals surface area contributed by atoms with Gasteiger partial charge in [0.05, 0.1) is 0 Å². The Morgan fingerprint density at radius 2 is 1.95 bits per heavy atom. The van der Waals surface area contributed by atoms with E-state index in [-0.39, 0.29) is 5.41 Å². The number of nitrogens with one attached hydrogen (secondary N) is 1. The number of piperidine rings is 1. The predicted molar refractivity (Wildman–Crippen MR) is 68.4 cm³/mol. The van der Waals surface area contributed by atoms with Crippen LogP contribution in [0, 0.1) is 5.41 Å². The maximum absolute atomic E-state index is 12.7. The Labute approximate surface area is 115 Å². The van der Waals surface area contributed by atoms with Crippen molar-refractivity contribution >= 4 is 5.82 Å². The number of nitrogens with zero attached hydrogens (tertiary/aromatic N) is 3. The second-order valence-corrected chi connectivity index (χ2v) is 5.66. The van der Waals surface area contributed by atoms with Gasteiger partial charge in [-0.15, -0.1) is 0 Å². The molecule has 0 radical (unpaired) electrons. The van der Waals surface area contributed by atoms with Crippen molar-refractivity contribution in [2.24, 2.45) is 5.41 Å². The average molecular weight is 286 g/mol. The van der Waals surface area contributed by atoms with E-state index in [1.807, 2.05) is 4.90 Å². The summed E-state index contributed by atoms with van der Waals surface area (Å²) in [6.07, 6.45) is -0.0950. The van der Waals surface area contributed by atoms with Crippen LogP contribution >= 0.6 is 0 Å². The lowest BCUT2D eigenvalue weighted by Gasteiger charge is -2.33. The van der Waals surface area contributed by atoms with Crippen LogP contribution in [0.3, 0.4) is 0 Å². The van der Waals surface area contributed by atoms with Gasteiger partial charge in [-0.2, -0.15) is 13.2 Å². The summed E-state index contributed by atoms with van der Waals surface area (Å²) in [6.45, 7) is 3.55. The average Bonchev–Trinajstić information content (AvgIpc) is 2.83. The fourth-order valence-corrected chi connectivity index (χ4v) is 3.16. The molecule has 2 saturated heterocycles. The van der Waals surface area contributed by atoms with E-state index < -0.39 is 12.0 Å². The third-order valence-corrected chi connectivity index (χ3v) is 4.32. The molecule has 0 amide bonds. The molecule has 1 N–H and O–H groups in total. The molecule has 0 saturated carbocycles. The Hall–Kier alpha value is -1.37. The molecule has 2 fully saturated rings. The summed E-state index contributed by atoms with van der Waals surface area (Å²) in [6, 6.07) is 1.56. The van der Waals surface area contributed by atoms with E-state index in [1.54, 1.807) is 6.07 Å².